The number of carbonyl (C=O) groups excluding carboxylic acids is 1. The number of pyridine rings is 1. The summed E-state index contributed by atoms with van der Waals surface area (Å²) in [6.07, 6.45) is 4.98. The topological polar surface area (TPSA) is 133 Å². The van der Waals surface area contributed by atoms with Crippen molar-refractivity contribution >= 4 is 32.7 Å². The summed E-state index contributed by atoms with van der Waals surface area (Å²) in [5.74, 6) is 0.643. The summed E-state index contributed by atoms with van der Waals surface area (Å²) in [6.45, 7) is 8.61. The average Bonchev–Trinajstić information content (AvgIpc) is 3.20. The number of nitrogens with one attached hydrogen (secondary N) is 1. The summed E-state index contributed by atoms with van der Waals surface area (Å²) < 4.78 is 42.8. The fourth-order valence-corrected chi connectivity index (χ4v) is 5.59. The van der Waals surface area contributed by atoms with Crippen molar-refractivity contribution in [1.29, 1.82) is 0 Å². The number of sulfone groups is 1. The van der Waals surface area contributed by atoms with Gasteiger partial charge in [0.2, 0.25) is 0 Å². The molecule has 0 saturated carbocycles. The molecule has 1 aliphatic heterocycles. The average molecular weight is 573 g/mol. The van der Waals surface area contributed by atoms with Crippen molar-refractivity contribution in [3.05, 3.63) is 58.1 Å². The van der Waals surface area contributed by atoms with Gasteiger partial charge in [-0.2, -0.15) is 0 Å². The number of aromatic nitrogens is 3. The first-order valence-corrected chi connectivity index (χ1v) is 15.1. The zero-order valence-corrected chi connectivity index (χ0v) is 24.5. The molecule has 1 aliphatic rings. The number of amides is 1. The maximum Gasteiger partial charge on any atom is 0.410 e. The number of nitrogens with zero attached hydrogens (tertiary/aromatic N) is 3. The van der Waals surface area contributed by atoms with Crippen LogP contribution in [0.3, 0.4) is 0 Å². The Labute approximate surface area is 233 Å². The van der Waals surface area contributed by atoms with Crippen LogP contribution in [-0.2, 0) is 14.6 Å². The van der Waals surface area contributed by atoms with Crippen molar-refractivity contribution in [3.8, 4) is 11.5 Å². The number of methoxy groups -OCH3 is 1. The van der Waals surface area contributed by atoms with E-state index in [1.54, 1.807) is 29.3 Å². The third kappa shape index (κ3) is 6.67. The summed E-state index contributed by atoms with van der Waals surface area (Å²) in [6, 6.07) is 6.08. The van der Waals surface area contributed by atoms with Gasteiger partial charge in [-0.05, 0) is 69.0 Å². The van der Waals surface area contributed by atoms with Gasteiger partial charge in [-0.15, -0.1) is 0 Å². The summed E-state index contributed by atoms with van der Waals surface area (Å²) in [4.78, 5) is 34.7. The predicted octanol–water partition coefficient (Wildman–Crippen LogP) is 3.79. The van der Waals surface area contributed by atoms with E-state index in [1.807, 2.05) is 39.8 Å². The number of rotatable bonds is 8. The second kappa shape index (κ2) is 11.4. The van der Waals surface area contributed by atoms with Crippen LogP contribution in [0.1, 0.15) is 51.3 Å². The van der Waals surface area contributed by atoms with E-state index in [4.69, 9.17) is 14.2 Å². The van der Waals surface area contributed by atoms with Crippen molar-refractivity contribution < 1.29 is 27.4 Å². The second-order valence-electron chi connectivity index (χ2n) is 10.8. The van der Waals surface area contributed by atoms with Crippen LogP contribution in [0.5, 0.6) is 11.5 Å². The van der Waals surface area contributed by atoms with Crippen LogP contribution in [-0.4, -0.2) is 78.4 Å². The van der Waals surface area contributed by atoms with Gasteiger partial charge in [-0.3, -0.25) is 4.57 Å². The van der Waals surface area contributed by atoms with Crippen molar-refractivity contribution in [1.82, 2.24) is 19.4 Å². The van der Waals surface area contributed by atoms with E-state index in [0.717, 1.165) is 17.4 Å². The van der Waals surface area contributed by atoms with Crippen LogP contribution >= 0.6 is 0 Å². The van der Waals surface area contributed by atoms with Crippen molar-refractivity contribution in [3.63, 3.8) is 0 Å². The molecule has 4 rings (SSSR count). The fraction of sp³-hybridized carbons (Fsp3) is 0.464. The second-order valence-corrected chi connectivity index (χ2v) is 12.9. The third-order valence-corrected chi connectivity index (χ3v) is 7.35. The van der Waals surface area contributed by atoms with Gasteiger partial charge in [-0.1, -0.05) is 12.1 Å². The monoisotopic (exact) mass is 572 g/mol. The van der Waals surface area contributed by atoms with Gasteiger partial charge in [0.1, 0.15) is 15.4 Å². The number of hydrogen-bond acceptors (Lipinski definition) is 8. The normalized spacial score (nSPS) is 15.1. The maximum atomic E-state index is 13.2. The van der Waals surface area contributed by atoms with Crippen LogP contribution in [0.4, 0.5) is 4.79 Å². The zero-order valence-electron chi connectivity index (χ0n) is 23.7. The summed E-state index contributed by atoms with van der Waals surface area (Å²) in [7, 11) is -1.98. The molecule has 1 N–H and O–H groups in total. The molecular formula is C28H36N4O7S. The molecule has 1 atom stereocenters. The number of hydrogen-bond donors (Lipinski definition) is 1. The molecule has 12 heteroatoms. The SMILES string of the molecule is CCOc1cc([C@@H](CS(C)(=O)=O)n2c(=O)[nH]c3cc(C4=CCN(C(=O)OC(C)(C)C)CC4)cnc32)ccc1OC. The highest BCUT2D eigenvalue weighted by molar-refractivity contribution is 7.90. The molecule has 11 nitrogen and oxygen atoms in total. The Kier molecular flexibility index (Phi) is 8.29. The quantitative estimate of drug-likeness (QED) is 0.431. The number of carbonyl (C=O) groups is 1. The lowest BCUT2D eigenvalue weighted by atomic mass is 10.0. The maximum absolute atomic E-state index is 13.2. The lowest BCUT2D eigenvalue weighted by Crippen LogP contribution is -2.39. The first-order valence-electron chi connectivity index (χ1n) is 13.1. The summed E-state index contributed by atoms with van der Waals surface area (Å²) in [5, 5.41) is 0. The van der Waals surface area contributed by atoms with Gasteiger partial charge < -0.3 is 24.1 Å². The molecule has 1 aromatic carbocycles. The van der Waals surface area contributed by atoms with Crippen LogP contribution in [0.15, 0.2) is 41.3 Å². The molecule has 0 bridgehead atoms. The predicted molar refractivity (Wildman–Crippen MR) is 153 cm³/mol. The van der Waals surface area contributed by atoms with Gasteiger partial charge in [0.15, 0.2) is 17.1 Å². The van der Waals surface area contributed by atoms with Crippen molar-refractivity contribution in [2.45, 2.75) is 45.8 Å². The van der Waals surface area contributed by atoms with E-state index in [-0.39, 0.29) is 11.8 Å². The minimum Gasteiger partial charge on any atom is -0.493 e. The Morgan fingerprint density at radius 1 is 1.20 bits per heavy atom. The van der Waals surface area contributed by atoms with Gasteiger partial charge >= 0.3 is 11.8 Å². The van der Waals surface area contributed by atoms with Crippen LogP contribution in [0.2, 0.25) is 0 Å². The first-order chi connectivity index (χ1) is 18.8. The minimum atomic E-state index is -3.50. The Bertz CT molecular complexity index is 1600. The number of aromatic amines is 1. The lowest BCUT2D eigenvalue weighted by Gasteiger charge is -2.29. The molecule has 0 radical (unpaired) electrons. The van der Waals surface area contributed by atoms with E-state index < -0.39 is 27.2 Å². The minimum absolute atomic E-state index is 0.313. The molecule has 3 aromatic rings. The lowest BCUT2D eigenvalue weighted by molar-refractivity contribution is 0.0270. The molecule has 0 spiro atoms. The molecule has 0 saturated heterocycles. The van der Waals surface area contributed by atoms with Gasteiger partial charge in [0.25, 0.3) is 0 Å². The summed E-state index contributed by atoms with van der Waals surface area (Å²) >= 11 is 0. The molecule has 3 heterocycles. The molecule has 2 aromatic heterocycles. The zero-order chi connectivity index (χ0) is 29.2. The highest BCUT2D eigenvalue weighted by Gasteiger charge is 2.27. The third-order valence-electron chi connectivity index (χ3n) is 6.43. The number of benzene rings is 1. The van der Waals surface area contributed by atoms with E-state index in [1.165, 1.54) is 11.7 Å². The highest BCUT2D eigenvalue weighted by atomic mass is 32.2. The number of fused-ring (bicyclic) bond motifs is 1. The van der Waals surface area contributed by atoms with Crippen LogP contribution in [0, 0.1) is 0 Å². The number of ether oxygens (including phenoxy) is 3. The molecule has 0 fully saturated rings. The van der Waals surface area contributed by atoms with Gasteiger partial charge in [0, 0.05) is 25.5 Å². The fourth-order valence-electron chi connectivity index (χ4n) is 4.68. The van der Waals surface area contributed by atoms with Gasteiger partial charge in [0.05, 0.1) is 31.0 Å². The molecule has 216 valence electrons. The van der Waals surface area contributed by atoms with E-state index in [9.17, 15) is 18.0 Å². The van der Waals surface area contributed by atoms with Gasteiger partial charge in [-0.25, -0.2) is 23.0 Å². The van der Waals surface area contributed by atoms with Crippen molar-refractivity contribution in [2.24, 2.45) is 0 Å². The van der Waals surface area contributed by atoms with E-state index in [2.05, 4.69) is 9.97 Å². The Morgan fingerprint density at radius 2 is 1.95 bits per heavy atom. The van der Waals surface area contributed by atoms with E-state index in [0.29, 0.717) is 54.3 Å². The smallest absolute Gasteiger partial charge is 0.410 e. The van der Waals surface area contributed by atoms with E-state index >= 15 is 0 Å². The standard InChI is InChI=1S/C28H36N4O7S/c1-7-38-24-15-19(8-9-23(24)37-5)22(17-40(6,35)36)32-25-21(30-26(32)33)14-20(16-29-25)18-10-12-31(13-11-18)27(34)39-28(2,3)4/h8-10,14-16,22H,7,11-13,17H2,1-6H3,(H,30,33)/t22-/m1/s1. The molecular weight excluding hydrogens is 536 g/mol. The summed E-state index contributed by atoms with van der Waals surface area (Å²) in [5.41, 5.74) is 2.15. The van der Waals surface area contributed by atoms with Crippen LogP contribution in [0.25, 0.3) is 16.7 Å². The van der Waals surface area contributed by atoms with Crippen LogP contribution < -0.4 is 15.2 Å². The Hall–Kier alpha value is -3.80. The Balaban J connectivity index is 1.69. The number of H-pyrrole nitrogens is 1. The highest BCUT2D eigenvalue weighted by Crippen LogP contribution is 2.33. The largest absolute Gasteiger partial charge is 0.493 e. The molecule has 0 unspecified atom stereocenters. The molecule has 0 aliphatic carbocycles. The first kappa shape index (κ1) is 29.2. The molecule has 40 heavy (non-hydrogen) atoms. The van der Waals surface area contributed by atoms with Crippen molar-refractivity contribution in [2.75, 3.05) is 38.8 Å². The number of imidazole rings is 1. The molecule has 1 amide bonds. The Morgan fingerprint density at radius 3 is 2.55 bits per heavy atom.